The SMILES string of the molecule is CC(C)N1CCC(N(C)CC(O)COC(C)(C)C)CC1. The summed E-state index contributed by atoms with van der Waals surface area (Å²) in [7, 11) is 2.12. The third-order valence-corrected chi connectivity index (χ3v) is 4.06. The molecule has 0 bridgehead atoms. The van der Waals surface area contributed by atoms with E-state index in [1.807, 2.05) is 20.8 Å². The van der Waals surface area contributed by atoms with Crippen LogP contribution in [0.1, 0.15) is 47.5 Å². The van der Waals surface area contributed by atoms with Crippen LogP contribution in [0.25, 0.3) is 0 Å². The fourth-order valence-electron chi connectivity index (χ4n) is 2.72. The lowest BCUT2D eigenvalue weighted by molar-refractivity contribution is -0.0586. The van der Waals surface area contributed by atoms with E-state index in [1.165, 1.54) is 25.9 Å². The van der Waals surface area contributed by atoms with Crippen LogP contribution in [0.15, 0.2) is 0 Å². The number of piperidine rings is 1. The van der Waals surface area contributed by atoms with Crippen molar-refractivity contribution in [3.05, 3.63) is 0 Å². The van der Waals surface area contributed by atoms with Crippen molar-refractivity contribution < 1.29 is 9.84 Å². The van der Waals surface area contributed by atoms with Crippen molar-refractivity contribution in [1.29, 1.82) is 0 Å². The molecule has 1 aliphatic heterocycles. The molecule has 0 aromatic heterocycles. The second-order valence-corrected chi connectivity index (χ2v) is 7.38. The number of likely N-dealkylation sites (tertiary alicyclic amines) is 1. The highest BCUT2D eigenvalue weighted by Gasteiger charge is 2.25. The minimum absolute atomic E-state index is 0.178. The first-order valence-corrected chi connectivity index (χ1v) is 7.95. The molecule has 1 saturated heterocycles. The molecule has 0 spiro atoms. The van der Waals surface area contributed by atoms with E-state index in [2.05, 4.69) is 30.7 Å². The first kappa shape index (κ1) is 17.9. The number of aliphatic hydroxyl groups excluding tert-OH is 1. The lowest BCUT2D eigenvalue weighted by Gasteiger charge is -2.39. The maximum atomic E-state index is 10.1. The molecule has 0 amide bonds. The predicted octanol–water partition coefficient (Wildman–Crippen LogP) is 1.97. The van der Waals surface area contributed by atoms with E-state index in [9.17, 15) is 5.11 Å². The van der Waals surface area contributed by atoms with Crippen LogP contribution in [-0.2, 0) is 4.74 Å². The molecule has 1 heterocycles. The minimum atomic E-state index is -0.401. The molecule has 0 saturated carbocycles. The van der Waals surface area contributed by atoms with Gasteiger partial charge in [-0.25, -0.2) is 0 Å². The zero-order valence-electron chi connectivity index (χ0n) is 14.2. The second kappa shape index (κ2) is 7.74. The van der Waals surface area contributed by atoms with Crippen molar-refractivity contribution in [1.82, 2.24) is 9.80 Å². The van der Waals surface area contributed by atoms with Gasteiger partial charge in [0.15, 0.2) is 0 Å². The van der Waals surface area contributed by atoms with Gasteiger partial charge in [0.2, 0.25) is 0 Å². The van der Waals surface area contributed by atoms with Crippen LogP contribution in [0.2, 0.25) is 0 Å². The van der Waals surface area contributed by atoms with Gasteiger partial charge in [-0.05, 0) is 67.6 Å². The Morgan fingerprint density at radius 1 is 1.25 bits per heavy atom. The summed E-state index contributed by atoms with van der Waals surface area (Å²) in [6, 6.07) is 1.24. The van der Waals surface area contributed by atoms with Gasteiger partial charge in [-0.15, -0.1) is 0 Å². The molecule has 20 heavy (non-hydrogen) atoms. The summed E-state index contributed by atoms with van der Waals surface area (Å²) in [5.74, 6) is 0. The molecule has 1 aliphatic rings. The zero-order valence-corrected chi connectivity index (χ0v) is 14.2. The molecule has 0 aliphatic carbocycles. The number of hydrogen-bond acceptors (Lipinski definition) is 4. The van der Waals surface area contributed by atoms with E-state index >= 15 is 0 Å². The highest BCUT2D eigenvalue weighted by atomic mass is 16.5. The first-order valence-electron chi connectivity index (χ1n) is 7.95. The monoisotopic (exact) mass is 286 g/mol. The minimum Gasteiger partial charge on any atom is -0.389 e. The lowest BCUT2D eigenvalue weighted by Crippen LogP contribution is -2.47. The summed E-state index contributed by atoms with van der Waals surface area (Å²) in [5, 5.41) is 10.1. The first-order chi connectivity index (χ1) is 9.19. The number of aliphatic hydroxyl groups is 1. The van der Waals surface area contributed by atoms with E-state index in [4.69, 9.17) is 4.74 Å². The van der Waals surface area contributed by atoms with E-state index in [1.54, 1.807) is 0 Å². The normalized spacial score (nSPS) is 20.9. The number of nitrogens with zero attached hydrogens (tertiary/aromatic N) is 2. The lowest BCUT2D eigenvalue weighted by atomic mass is 10.0. The quantitative estimate of drug-likeness (QED) is 0.810. The van der Waals surface area contributed by atoms with Gasteiger partial charge in [0.1, 0.15) is 0 Å². The van der Waals surface area contributed by atoms with Crippen molar-refractivity contribution in [3.63, 3.8) is 0 Å². The van der Waals surface area contributed by atoms with Gasteiger partial charge in [-0.2, -0.15) is 0 Å². The van der Waals surface area contributed by atoms with E-state index < -0.39 is 6.10 Å². The van der Waals surface area contributed by atoms with Crippen LogP contribution in [0.5, 0.6) is 0 Å². The number of hydrogen-bond donors (Lipinski definition) is 1. The topological polar surface area (TPSA) is 35.9 Å². The smallest absolute Gasteiger partial charge is 0.0900 e. The number of ether oxygens (including phenoxy) is 1. The van der Waals surface area contributed by atoms with E-state index in [0.29, 0.717) is 25.2 Å². The predicted molar refractivity (Wildman–Crippen MR) is 84.1 cm³/mol. The molecular weight excluding hydrogens is 252 g/mol. The Hall–Kier alpha value is -0.160. The molecule has 4 heteroatoms. The van der Waals surface area contributed by atoms with Crippen molar-refractivity contribution in [2.75, 3.05) is 33.3 Å². The van der Waals surface area contributed by atoms with Crippen LogP contribution >= 0.6 is 0 Å². The summed E-state index contributed by atoms with van der Waals surface area (Å²) < 4.78 is 5.64. The average molecular weight is 286 g/mol. The van der Waals surface area contributed by atoms with Gasteiger partial charge in [0.25, 0.3) is 0 Å². The van der Waals surface area contributed by atoms with Crippen molar-refractivity contribution >= 4 is 0 Å². The van der Waals surface area contributed by atoms with Crippen LogP contribution in [0, 0.1) is 0 Å². The maximum Gasteiger partial charge on any atom is 0.0900 e. The summed E-state index contributed by atoms with van der Waals surface area (Å²) in [6.07, 6.45) is 1.99. The van der Waals surface area contributed by atoms with Crippen LogP contribution in [0.3, 0.4) is 0 Å². The molecular formula is C16H34N2O2. The molecule has 1 atom stereocenters. The third-order valence-electron chi connectivity index (χ3n) is 4.06. The molecule has 0 aromatic carbocycles. The fourth-order valence-corrected chi connectivity index (χ4v) is 2.72. The molecule has 0 radical (unpaired) electrons. The molecule has 1 fully saturated rings. The van der Waals surface area contributed by atoms with E-state index in [-0.39, 0.29) is 5.60 Å². The average Bonchev–Trinajstić information content (AvgIpc) is 2.35. The van der Waals surface area contributed by atoms with Crippen molar-refractivity contribution in [3.8, 4) is 0 Å². The molecule has 1 N–H and O–H groups in total. The molecule has 1 rings (SSSR count). The summed E-state index contributed by atoms with van der Waals surface area (Å²) in [5.41, 5.74) is -0.178. The summed E-state index contributed by atoms with van der Waals surface area (Å²) in [4.78, 5) is 4.83. The molecule has 4 nitrogen and oxygen atoms in total. The standard InChI is InChI=1S/C16H34N2O2/c1-13(2)18-9-7-14(8-10-18)17(6)11-15(19)12-20-16(3,4)5/h13-15,19H,7-12H2,1-6H3. The highest BCUT2D eigenvalue weighted by Crippen LogP contribution is 2.17. The fraction of sp³-hybridized carbons (Fsp3) is 1.00. The number of likely N-dealkylation sites (N-methyl/N-ethyl adjacent to an activating group) is 1. The Bertz CT molecular complexity index is 268. The Morgan fingerprint density at radius 3 is 2.25 bits per heavy atom. The van der Waals surface area contributed by atoms with Crippen molar-refractivity contribution in [2.24, 2.45) is 0 Å². The van der Waals surface area contributed by atoms with Crippen LogP contribution < -0.4 is 0 Å². The molecule has 1 unspecified atom stereocenters. The maximum absolute atomic E-state index is 10.1. The Labute approximate surface area is 125 Å². The third kappa shape index (κ3) is 6.53. The van der Waals surface area contributed by atoms with Gasteiger partial charge in [0, 0.05) is 18.6 Å². The van der Waals surface area contributed by atoms with E-state index in [0.717, 1.165) is 0 Å². The van der Waals surface area contributed by atoms with Crippen molar-refractivity contribution in [2.45, 2.75) is 71.2 Å². The Morgan fingerprint density at radius 2 is 1.80 bits per heavy atom. The second-order valence-electron chi connectivity index (χ2n) is 7.38. The summed E-state index contributed by atoms with van der Waals surface area (Å²) in [6.45, 7) is 14.0. The Balaban J connectivity index is 2.27. The van der Waals surface area contributed by atoms with Gasteiger partial charge in [-0.1, -0.05) is 0 Å². The highest BCUT2D eigenvalue weighted by molar-refractivity contribution is 4.80. The summed E-state index contributed by atoms with van der Waals surface area (Å²) >= 11 is 0. The molecule has 0 aromatic rings. The Kier molecular flexibility index (Phi) is 6.92. The van der Waals surface area contributed by atoms with Crippen LogP contribution in [-0.4, -0.2) is 72.0 Å². The van der Waals surface area contributed by atoms with Crippen LogP contribution in [0.4, 0.5) is 0 Å². The number of rotatable bonds is 6. The van der Waals surface area contributed by atoms with Gasteiger partial charge in [0.05, 0.1) is 18.3 Å². The van der Waals surface area contributed by atoms with Gasteiger partial charge < -0.3 is 19.6 Å². The van der Waals surface area contributed by atoms with Gasteiger partial charge in [-0.3, -0.25) is 0 Å². The van der Waals surface area contributed by atoms with Gasteiger partial charge >= 0.3 is 0 Å². The zero-order chi connectivity index (χ0) is 15.3. The largest absolute Gasteiger partial charge is 0.389 e. The molecule has 120 valence electrons.